The number of H-pyrrole nitrogens is 1. The molecule has 1 aliphatic heterocycles. The van der Waals surface area contributed by atoms with Crippen molar-refractivity contribution in [2.75, 3.05) is 13.2 Å². The number of hydrogen-bond acceptors (Lipinski definition) is 4. The summed E-state index contributed by atoms with van der Waals surface area (Å²) < 4.78 is 5.45. The Hall–Kier alpha value is -1.72. The first-order valence-corrected chi connectivity index (χ1v) is 7.19. The van der Waals surface area contributed by atoms with Gasteiger partial charge in [0, 0.05) is 46.9 Å². The number of pyridine rings is 1. The minimum atomic E-state index is 0.523. The molecule has 0 aliphatic carbocycles. The van der Waals surface area contributed by atoms with Gasteiger partial charge in [-0.05, 0) is 18.6 Å². The number of fused-ring (bicyclic) bond motifs is 1. The molecule has 0 saturated carbocycles. The lowest BCUT2D eigenvalue weighted by atomic mass is 10.1. The Bertz CT molecular complexity index is 712. The molecule has 4 nitrogen and oxygen atoms in total. The van der Waals surface area contributed by atoms with Crippen molar-refractivity contribution >= 4 is 22.4 Å². The largest absolute Gasteiger partial charge is 0.381 e. The van der Waals surface area contributed by atoms with Crippen LogP contribution in [0.1, 0.15) is 17.2 Å². The Morgan fingerprint density at radius 2 is 2.32 bits per heavy atom. The fourth-order valence-electron chi connectivity index (χ4n) is 2.51. The molecule has 0 amide bonds. The SMILES string of the molecule is c1cc(-c2ncc(C3CCOC3)s2)c2cc[nH]c2n1. The molecule has 0 bridgehead atoms. The first kappa shape index (κ1) is 11.1. The number of hydrogen-bond donors (Lipinski definition) is 1. The van der Waals surface area contributed by atoms with Gasteiger partial charge < -0.3 is 9.72 Å². The molecule has 1 fully saturated rings. The summed E-state index contributed by atoms with van der Waals surface area (Å²) >= 11 is 1.77. The van der Waals surface area contributed by atoms with Gasteiger partial charge in [-0.3, -0.25) is 0 Å². The van der Waals surface area contributed by atoms with E-state index in [0.717, 1.165) is 41.2 Å². The standard InChI is InChI=1S/C14H13N3OS/c1-4-15-13-10(1)11(2-5-16-13)14-17-7-12(19-14)9-3-6-18-8-9/h1-2,4-5,7,9H,3,6,8H2,(H,15,16). The predicted octanol–water partition coefficient (Wildman–Crippen LogP) is 3.19. The number of thiazole rings is 1. The lowest BCUT2D eigenvalue weighted by Gasteiger charge is -2.01. The van der Waals surface area contributed by atoms with Crippen molar-refractivity contribution < 1.29 is 4.74 Å². The molecule has 0 radical (unpaired) electrons. The molecule has 4 heterocycles. The maximum absolute atomic E-state index is 5.45. The highest BCUT2D eigenvalue weighted by molar-refractivity contribution is 7.15. The number of nitrogens with zero attached hydrogens (tertiary/aromatic N) is 2. The number of aromatic amines is 1. The molecule has 1 N–H and O–H groups in total. The van der Waals surface area contributed by atoms with Gasteiger partial charge in [-0.15, -0.1) is 11.3 Å². The molecule has 1 unspecified atom stereocenters. The second-order valence-electron chi connectivity index (χ2n) is 4.73. The van der Waals surface area contributed by atoms with E-state index >= 15 is 0 Å². The zero-order chi connectivity index (χ0) is 12.7. The quantitative estimate of drug-likeness (QED) is 0.778. The van der Waals surface area contributed by atoms with Gasteiger partial charge in [0.1, 0.15) is 10.7 Å². The minimum Gasteiger partial charge on any atom is -0.381 e. The Balaban J connectivity index is 1.77. The summed E-state index contributed by atoms with van der Waals surface area (Å²) in [6, 6.07) is 4.08. The van der Waals surface area contributed by atoms with E-state index in [-0.39, 0.29) is 0 Å². The zero-order valence-corrected chi connectivity index (χ0v) is 11.1. The van der Waals surface area contributed by atoms with Crippen molar-refractivity contribution in [3.8, 4) is 10.6 Å². The lowest BCUT2D eigenvalue weighted by molar-refractivity contribution is 0.194. The maximum Gasteiger partial charge on any atom is 0.137 e. The first-order chi connectivity index (χ1) is 9.42. The van der Waals surface area contributed by atoms with Gasteiger partial charge in [-0.1, -0.05) is 0 Å². The fraction of sp³-hybridized carbons (Fsp3) is 0.286. The molecule has 5 heteroatoms. The molecule has 3 aromatic rings. The molecule has 0 aromatic carbocycles. The second kappa shape index (κ2) is 4.43. The first-order valence-electron chi connectivity index (χ1n) is 6.38. The van der Waals surface area contributed by atoms with Crippen molar-refractivity contribution in [3.63, 3.8) is 0 Å². The van der Waals surface area contributed by atoms with Crippen LogP contribution in [-0.4, -0.2) is 28.2 Å². The van der Waals surface area contributed by atoms with Gasteiger partial charge in [0.2, 0.25) is 0 Å². The minimum absolute atomic E-state index is 0.523. The highest BCUT2D eigenvalue weighted by atomic mass is 32.1. The topological polar surface area (TPSA) is 50.8 Å². The van der Waals surface area contributed by atoms with Crippen LogP contribution < -0.4 is 0 Å². The molecular weight excluding hydrogens is 258 g/mol. The molecule has 1 saturated heterocycles. The van der Waals surface area contributed by atoms with Gasteiger partial charge in [-0.25, -0.2) is 9.97 Å². The predicted molar refractivity (Wildman–Crippen MR) is 75.4 cm³/mol. The third kappa shape index (κ3) is 1.86. The summed E-state index contributed by atoms with van der Waals surface area (Å²) in [7, 11) is 0. The molecule has 3 aromatic heterocycles. The molecule has 4 rings (SSSR count). The molecule has 0 spiro atoms. The summed E-state index contributed by atoms with van der Waals surface area (Å²) in [5, 5.41) is 2.19. The molecular formula is C14H13N3OS. The van der Waals surface area contributed by atoms with Crippen LogP contribution in [0.5, 0.6) is 0 Å². The highest BCUT2D eigenvalue weighted by Gasteiger charge is 2.21. The van der Waals surface area contributed by atoms with Crippen LogP contribution in [0.2, 0.25) is 0 Å². The van der Waals surface area contributed by atoms with Gasteiger partial charge in [-0.2, -0.15) is 0 Å². The van der Waals surface area contributed by atoms with Gasteiger partial charge >= 0.3 is 0 Å². The van der Waals surface area contributed by atoms with Crippen LogP contribution in [0.4, 0.5) is 0 Å². The van der Waals surface area contributed by atoms with E-state index < -0.39 is 0 Å². The van der Waals surface area contributed by atoms with Crippen LogP contribution in [0.15, 0.2) is 30.7 Å². The Morgan fingerprint density at radius 1 is 1.32 bits per heavy atom. The third-order valence-corrected chi connectivity index (χ3v) is 4.74. The average molecular weight is 271 g/mol. The van der Waals surface area contributed by atoms with Crippen LogP contribution in [-0.2, 0) is 4.74 Å². The number of rotatable bonds is 2. The van der Waals surface area contributed by atoms with Crippen molar-refractivity contribution in [2.24, 2.45) is 0 Å². The fourth-order valence-corrected chi connectivity index (χ4v) is 3.58. The monoisotopic (exact) mass is 271 g/mol. The maximum atomic E-state index is 5.45. The number of ether oxygens (including phenoxy) is 1. The summed E-state index contributed by atoms with van der Waals surface area (Å²) in [5.74, 6) is 0.523. The average Bonchev–Trinajstić information content (AvgIpc) is 3.18. The molecule has 19 heavy (non-hydrogen) atoms. The van der Waals surface area contributed by atoms with Crippen LogP contribution in [0, 0.1) is 0 Å². The normalized spacial score (nSPS) is 19.3. The van der Waals surface area contributed by atoms with Crippen LogP contribution in [0.25, 0.3) is 21.6 Å². The third-order valence-electron chi connectivity index (χ3n) is 3.55. The summed E-state index contributed by atoms with van der Waals surface area (Å²) in [4.78, 5) is 13.4. The Morgan fingerprint density at radius 3 is 3.21 bits per heavy atom. The molecule has 96 valence electrons. The Labute approximate surface area is 114 Å². The van der Waals surface area contributed by atoms with Gasteiger partial charge in [0.15, 0.2) is 0 Å². The van der Waals surface area contributed by atoms with Crippen molar-refractivity contribution in [1.82, 2.24) is 15.0 Å². The van der Waals surface area contributed by atoms with Gasteiger partial charge in [0.05, 0.1) is 6.61 Å². The van der Waals surface area contributed by atoms with Crippen LogP contribution >= 0.6 is 11.3 Å². The van der Waals surface area contributed by atoms with E-state index in [4.69, 9.17) is 4.74 Å². The Kier molecular flexibility index (Phi) is 2.60. The van der Waals surface area contributed by atoms with Crippen molar-refractivity contribution in [1.29, 1.82) is 0 Å². The van der Waals surface area contributed by atoms with E-state index in [0.29, 0.717) is 5.92 Å². The van der Waals surface area contributed by atoms with Crippen molar-refractivity contribution in [2.45, 2.75) is 12.3 Å². The zero-order valence-electron chi connectivity index (χ0n) is 10.3. The molecule has 1 aliphatic rings. The van der Waals surface area contributed by atoms with Gasteiger partial charge in [0.25, 0.3) is 0 Å². The van der Waals surface area contributed by atoms with Crippen molar-refractivity contribution in [3.05, 3.63) is 35.6 Å². The smallest absolute Gasteiger partial charge is 0.137 e. The second-order valence-corrected chi connectivity index (χ2v) is 5.79. The van der Waals surface area contributed by atoms with E-state index in [1.54, 1.807) is 11.3 Å². The number of aromatic nitrogens is 3. The van der Waals surface area contributed by atoms with E-state index in [2.05, 4.69) is 21.0 Å². The van der Waals surface area contributed by atoms with Crippen LogP contribution in [0.3, 0.4) is 0 Å². The van der Waals surface area contributed by atoms with E-state index in [1.807, 2.05) is 24.7 Å². The van der Waals surface area contributed by atoms with E-state index in [1.165, 1.54) is 4.88 Å². The summed E-state index contributed by atoms with van der Waals surface area (Å²) in [6.45, 7) is 1.70. The lowest BCUT2D eigenvalue weighted by Crippen LogP contribution is -1.93. The number of nitrogens with one attached hydrogen (secondary N) is 1. The highest BCUT2D eigenvalue weighted by Crippen LogP contribution is 2.35. The van der Waals surface area contributed by atoms with E-state index in [9.17, 15) is 0 Å². The summed E-state index contributed by atoms with van der Waals surface area (Å²) in [6.07, 6.45) is 6.85. The summed E-state index contributed by atoms with van der Waals surface area (Å²) in [5.41, 5.74) is 2.07. The molecule has 1 atom stereocenters.